The van der Waals surface area contributed by atoms with Crippen LogP contribution in [0.5, 0.6) is 5.75 Å². The summed E-state index contributed by atoms with van der Waals surface area (Å²) in [6, 6.07) is 6.96. The predicted octanol–water partition coefficient (Wildman–Crippen LogP) is 0.297. The van der Waals surface area contributed by atoms with E-state index in [0.717, 1.165) is 0 Å². The number of carboxylic acid groups (broad SMARTS) is 1. The Balaban J connectivity index is 2.02. The monoisotopic (exact) mass is 262 g/mol. The summed E-state index contributed by atoms with van der Waals surface area (Å²) in [4.78, 5) is 24.7. The van der Waals surface area contributed by atoms with Gasteiger partial charge in [-0.05, 0) is 31.0 Å². The van der Waals surface area contributed by atoms with Crippen LogP contribution in [0.4, 0.5) is 0 Å². The van der Waals surface area contributed by atoms with Crippen molar-refractivity contribution in [3.8, 4) is 5.75 Å². The fourth-order valence-electron chi connectivity index (χ4n) is 2.26. The van der Waals surface area contributed by atoms with E-state index in [1.165, 1.54) is 0 Å². The van der Waals surface area contributed by atoms with E-state index >= 15 is 0 Å². The van der Waals surface area contributed by atoms with Crippen molar-refractivity contribution in [2.75, 3.05) is 20.2 Å². The van der Waals surface area contributed by atoms with Gasteiger partial charge in [-0.15, -0.1) is 0 Å². The molecule has 1 saturated heterocycles. The van der Waals surface area contributed by atoms with Crippen LogP contribution in [0.2, 0.25) is 0 Å². The Morgan fingerprint density at radius 2 is 2.00 bits per heavy atom. The number of hydrogen-bond donors (Lipinski definition) is 0. The zero-order chi connectivity index (χ0) is 13.8. The highest BCUT2D eigenvalue weighted by Crippen LogP contribution is 2.20. The molecular formula is C14H16NO4-. The van der Waals surface area contributed by atoms with Gasteiger partial charge < -0.3 is 19.5 Å². The van der Waals surface area contributed by atoms with Crippen molar-refractivity contribution in [1.29, 1.82) is 0 Å². The minimum Gasteiger partial charge on any atom is -0.550 e. The molecular weight excluding hydrogens is 246 g/mol. The lowest BCUT2D eigenvalue weighted by Gasteiger charge is -2.32. The number of hydrogen-bond acceptors (Lipinski definition) is 4. The fraction of sp³-hybridized carbons (Fsp3) is 0.429. The maximum absolute atomic E-state index is 12.3. The van der Waals surface area contributed by atoms with Crippen LogP contribution in [0.3, 0.4) is 0 Å². The molecule has 1 aliphatic rings. The number of rotatable bonds is 3. The molecule has 1 amide bonds. The van der Waals surface area contributed by atoms with Crippen molar-refractivity contribution in [2.45, 2.75) is 12.8 Å². The zero-order valence-electron chi connectivity index (χ0n) is 10.8. The molecule has 1 fully saturated rings. The molecule has 2 rings (SSSR count). The van der Waals surface area contributed by atoms with E-state index < -0.39 is 11.9 Å². The van der Waals surface area contributed by atoms with Crippen molar-refractivity contribution in [2.24, 2.45) is 5.92 Å². The molecule has 5 nitrogen and oxygen atoms in total. The molecule has 0 unspecified atom stereocenters. The third kappa shape index (κ3) is 3.05. The summed E-state index contributed by atoms with van der Waals surface area (Å²) < 4.78 is 5.08. The van der Waals surface area contributed by atoms with Gasteiger partial charge in [0.05, 0.1) is 7.11 Å². The standard InChI is InChI=1S/C14H17NO4/c1-19-12-4-2-3-11(9-12)13(16)15-7-5-10(6-8-15)14(17)18/h2-4,9-10H,5-8H2,1H3,(H,17,18)/p-1. The van der Waals surface area contributed by atoms with Gasteiger partial charge in [0.15, 0.2) is 0 Å². The molecule has 102 valence electrons. The summed E-state index contributed by atoms with van der Waals surface area (Å²) in [5.41, 5.74) is 0.561. The molecule has 0 atom stereocenters. The molecule has 1 aromatic rings. The predicted molar refractivity (Wildman–Crippen MR) is 66.6 cm³/mol. The molecule has 0 saturated carbocycles. The van der Waals surface area contributed by atoms with Crippen molar-refractivity contribution in [1.82, 2.24) is 4.90 Å². The molecule has 0 bridgehead atoms. The molecule has 0 spiro atoms. The van der Waals surface area contributed by atoms with E-state index in [4.69, 9.17) is 4.74 Å². The van der Waals surface area contributed by atoms with Crippen LogP contribution in [-0.4, -0.2) is 37.0 Å². The first-order valence-electron chi connectivity index (χ1n) is 6.26. The number of benzene rings is 1. The highest BCUT2D eigenvalue weighted by atomic mass is 16.5. The lowest BCUT2D eigenvalue weighted by Crippen LogP contribution is -2.43. The van der Waals surface area contributed by atoms with Crippen LogP contribution in [0.25, 0.3) is 0 Å². The van der Waals surface area contributed by atoms with Crippen LogP contribution in [-0.2, 0) is 4.79 Å². The van der Waals surface area contributed by atoms with Crippen molar-refractivity contribution < 1.29 is 19.4 Å². The van der Waals surface area contributed by atoms with Gasteiger partial charge in [0.2, 0.25) is 0 Å². The fourth-order valence-corrected chi connectivity index (χ4v) is 2.26. The first-order chi connectivity index (χ1) is 9.11. The largest absolute Gasteiger partial charge is 0.550 e. The van der Waals surface area contributed by atoms with Gasteiger partial charge in [-0.25, -0.2) is 0 Å². The van der Waals surface area contributed by atoms with Gasteiger partial charge in [-0.1, -0.05) is 6.07 Å². The average Bonchev–Trinajstić information content (AvgIpc) is 2.46. The molecule has 1 aliphatic heterocycles. The van der Waals surface area contributed by atoms with E-state index in [2.05, 4.69) is 0 Å². The van der Waals surface area contributed by atoms with Gasteiger partial charge in [0.25, 0.3) is 5.91 Å². The third-order valence-corrected chi connectivity index (χ3v) is 3.43. The average molecular weight is 262 g/mol. The number of carbonyl (C=O) groups excluding carboxylic acids is 2. The van der Waals surface area contributed by atoms with E-state index in [1.807, 2.05) is 0 Å². The van der Waals surface area contributed by atoms with Crippen LogP contribution in [0.1, 0.15) is 23.2 Å². The minimum absolute atomic E-state index is 0.0873. The Hall–Kier alpha value is -2.04. The maximum atomic E-state index is 12.3. The molecule has 0 radical (unpaired) electrons. The highest BCUT2D eigenvalue weighted by molar-refractivity contribution is 5.94. The van der Waals surface area contributed by atoms with E-state index in [0.29, 0.717) is 37.2 Å². The van der Waals surface area contributed by atoms with Gasteiger partial charge in [0.1, 0.15) is 5.75 Å². The number of likely N-dealkylation sites (tertiary alicyclic amines) is 1. The molecule has 1 heterocycles. The van der Waals surface area contributed by atoms with Gasteiger partial charge in [-0.3, -0.25) is 4.79 Å². The Bertz CT molecular complexity index is 478. The van der Waals surface area contributed by atoms with Crippen LogP contribution in [0.15, 0.2) is 24.3 Å². The molecule has 0 aromatic heterocycles. The van der Waals surface area contributed by atoms with Crippen LogP contribution in [0, 0.1) is 5.92 Å². The lowest BCUT2D eigenvalue weighted by atomic mass is 9.96. The summed E-state index contributed by atoms with van der Waals surface area (Å²) in [5, 5.41) is 10.8. The van der Waals surface area contributed by atoms with Crippen molar-refractivity contribution >= 4 is 11.9 Å². The summed E-state index contributed by atoms with van der Waals surface area (Å²) >= 11 is 0. The minimum atomic E-state index is -1.02. The van der Waals surface area contributed by atoms with Gasteiger partial charge in [0, 0.05) is 30.5 Å². The Kier molecular flexibility index (Phi) is 4.04. The van der Waals surface area contributed by atoms with E-state index in [1.54, 1.807) is 36.3 Å². The summed E-state index contributed by atoms with van der Waals surface area (Å²) in [7, 11) is 1.55. The quantitative estimate of drug-likeness (QED) is 0.785. The molecule has 0 aliphatic carbocycles. The van der Waals surface area contributed by atoms with Crippen LogP contribution < -0.4 is 9.84 Å². The van der Waals surface area contributed by atoms with Gasteiger partial charge >= 0.3 is 0 Å². The summed E-state index contributed by atoms with van der Waals surface area (Å²) in [6.45, 7) is 0.906. The van der Waals surface area contributed by atoms with Crippen molar-refractivity contribution in [3.63, 3.8) is 0 Å². The number of methoxy groups -OCH3 is 1. The normalized spacial score (nSPS) is 16.2. The molecule has 19 heavy (non-hydrogen) atoms. The number of nitrogens with zero attached hydrogens (tertiary/aromatic N) is 1. The van der Waals surface area contributed by atoms with E-state index in [-0.39, 0.29) is 5.91 Å². The lowest BCUT2D eigenvalue weighted by molar-refractivity contribution is -0.312. The van der Waals surface area contributed by atoms with E-state index in [9.17, 15) is 14.7 Å². The number of amides is 1. The molecule has 5 heteroatoms. The first kappa shape index (κ1) is 13.4. The maximum Gasteiger partial charge on any atom is 0.253 e. The Morgan fingerprint density at radius 3 is 2.58 bits per heavy atom. The Labute approximate surface area is 111 Å². The Morgan fingerprint density at radius 1 is 1.32 bits per heavy atom. The summed E-state index contributed by atoms with van der Waals surface area (Å²) in [5.74, 6) is -0.908. The zero-order valence-corrected chi connectivity index (χ0v) is 10.8. The number of carbonyl (C=O) groups is 2. The highest BCUT2D eigenvalue weighted by Gasteiger charge is 2.24. The topological polar surface area (TPSA) is 69.7 Å². The molecule has 1 aromatic carbocycles. The number of ether oxygens (including phenoxy) is 1. The third-order valence-electron chi connectivity index (χ3n) is 3.43. The van der Waals surface area contributed by atoms with Crippen LogP contribution >= 0.6 is 0 Å². The SMILES string of the molecule is COc1cccc(C(=O)N2CCC(C(=O)[O-])CC2)c1. The van der Waals surface area contributed by atoms with Gasteiger partial charge in [-0.2, -0.15) is 0 Å². The number of carboxylic acids is 1. The number of aliphatic carboxylic acids is 1. The smallest absolute Gasteiger partial charge is 0.253 e. The molecule has 0 N–H and O–H groups in total. The number of piperidine rings is 1. The summed E-state index contributed by atoms with van der Waals surface area (Å²) in [6.07, 6.45) is 0.913. The first-order valence-corrected chi connectivity index (χ1v) is 6.26. The second kappa shape index (κ2) is 5.73. The second-order valence-corrected chi connectivity index (χ2v) is 4.62. The second-order valence-electron chi connectivity index (χ2n) is 4.62. The van der Waals surface area contributed by atoms with Crippen molar-refractivity contribution in [3.05, 3.63) is 29.8 Å².